The van der Waals surface area contributed by atoms with E-state index in [1.807, 2.05) is 55.7 Å². The van der Waals surface area contributed by atoms with Gasteiger partial charge in [-0.2, -0.15) is 0 Å². The monoisotopic (exact) mass is 759 g/mol. The van der Waals surface area contributed by atoms with Crippen LogP contribution in [0.3, 0.4) is 0 Å². The molecule has 0 unspecified atom stereocenters. The number of hydrogen-bond donors (Lipinski definition) is 0. The number of aryl methyl sites for hydroxylation is 1. The Kier molecular flexibility index (Phi) is 9.76. The average molecular weight is 759 g/mol. The first-order valence-corrected chi connectivity index (χ1v) is 18.6. The van der Waals surface area contributed by atoms with Crippen LogP contribution in [0.25, 0.3) is 44.5 Å². The molecule has 3 aromatic heterocycles. The fraction of sp³-hybridized carbons (Fsp3) is 0.263. The number of furan rings is 1. The maximum Gasteiger partial charge on any atom is 0.120 e. The molecule has 3 aromatic carbocycles. The van der Waals surface area contributed by atoms with Gasteiger partial charge in [-0.15, -0.1) is 54.1 Å². The second-order valence-corrected chi connectivity index (χ2v) is 17.5. The summed E-state index contributed by atoms with van der Waals surface area (Å²) in [5.41, 5.74) is 8.55. The molecular formula is C38H38IrN2OSi-2. The molecule has 0 spiro atoms. The van der Waals surface area contributed by atoms with Crippen LogP contribution in [0.2, 0.25) is 19.6 Å². The van der Waals surface area contributed by atoms with Crippen LogP contribution in [-0.4, -0.2) is 18.0 Å². The molecule has 0 saturated heterocycles. The third-order valence-electron chi connectivity index (χ3n) is 8.28. The maximum absolute atomic E-state index is 6.54. The first-order valence-electron chi connectivity index (χ1n) is 15.1. The van der Waals surface area contributed by atoms with Crippen molar-refractivity contribution in [2.75, 3.05) is 0 Å². The minimum atomic E-state index is -1.51. The van der Waals surface area contributed by atoms with E-state index >= 15 is 0 Å². The molecule has 6 aromatic rings. The van der Waals surface area contributed by atoms with Gasteiger partial charge in [0.25, 0.3) is 0 Å². The van der Waals surface area contributed by atoms with E-state index in [1.165, 1.54) is 59.2 Å². The molecule has 3 heterocycles. The van der Waals surface area contributed by atoms with Crippen LogP contribution in [0.15, 0.2) is 95.7 Å². The molecule has 0 atom stereocenters. The fourth-order valence-corrected chi connectivity index (χ4v) is 7.46. The van der Waals surface area contributed by atoms with Crippen LogP contribution in [0.4, 0.5) is 0 Å². The fourth-order valence-electron chi connectivity index (χ4n) is 6.00. The summed E-state index contributed by atoms with van der Waals surface area (Å²) >= 11 is 0. The van der Waals surface area contributed by atoms with E-state index in [1.54, 1.807) is 0 Å². The second-order valence-electron chi connectivity index (χ2n) is 12.4. The van der Waals surface area contributed by atoms with Crippen LogP contribution in [-0.2, 0) is 20.1 Å². The molecule has 1 aliphatic carbocycles. The van der Waals surface area contributed by atoms with Crippen LogP contribution < -0.4 is 5.19 Å². The summed E-state index contributed by atoms with van der Waals surface area (Å²) < 4.78 is 6.54. The molecule has 1 radical (unpaired) electrons. The number of fused-ring (bicyclic) bond motifs is 3. The van der Waals surface area contributed by atoms with Gasteiger partial charge in [-0.25, -0.2) is 0 Å². The largest absolute Gasteiger partial charge is 0.501 e. The molecule has 0 aliphatic heterocycles. The molecule has 0 N–H and O–H groups in total. The number of pyridine rings is 2. The van der Waals surface area contributed by atoms with Crippen molar-refractivity contribution in [1.82, 2.24) is 9.97 Å². The van der Waals surface area contributed by atoms with E-state index < -0.39 is 8.07 Å². The average Bonchev–Trinajstić information content (AvgIpc) is 3.41. The van der Waals surface area contributed by atoms with E-state index in [2.05, 4.69) is 79.2 Å². The zero-order valence-corrected chi connectivity index (χ0v) is 28.8. The van der Waals surface area contributed by atoms with Crippen molar-refractivity contribution in [3.63, 3.8) is 0 Å². The van der Waals surface area contributed by atoms with Gasteiger partial charge < -0.3 is 14.4 Å². The quantitative estimate of drug-likeness (QED) is 0.133. The van der Waals surface area contributed by atoms with E-state index in [0.29, 0.717) is 5.92 Å². The molecule has 1 fully saturated rings. The summed E-state index contributed by atoms with van der Waals surface area (Å²) in [6.45, 7) is 9.15. The maximum atomic E-state index is 6.54. The van der Waals surface area contributed by atoms with Crippen molar-refractivity contribution in [3.8, 4) is 22.5 Å². The standard InChI is InChI=1S/C26H28NOSi.C12H10N.Ir/c1-29(2,3)24-14-8-12-21-20-11-7-13-22(25(20)28-26(21)24)23-17-19(15-16-27-23)18-9-5-4-6-10-18;1-10-7-8-12(13-9-10)11-5-3-2-4-6-11;/h7-8,11-12,14-18H,4-6,9-10H2,1-3H3;2-5,7-9H,1H3;/q2*-1;. The summed E-state index contributed by atoms with van der Waals surface area (Å²) in [7, 11) is -1.51. The van der Waals surface area contributed by atoms with Crippen molar-refractivity contribution in [3.05, 3.63) is 115 Å². The smallest absolute Gasteiger partial charge is 0.120 e. The molecule has 5 heteroatoms. The summed E-state index contributed by atoms with van der Waals surface area (Å²) in [5.74, 6) is 0.666. The SMILES string of the molecule is C[Si](C)(C)c1cccc2c1oc1c(-c3cc(C4CCCCC4)ccn3)[c-]ccc12.Cc1ccc(-c2[c-]cccc2)nc1.[Ir]. The molecule has 3 nitrogen and oxygen atoms in total. The van der Waals surface area contributed by atoms with E-state index in [9.17, 15) is 0 Å². The van der Waals surface area contributed by atoms with Gasteiger partial charge in [-0.05, 0) is 53.9 Å². The molecule has 0 amide bonds. The van der Waals surface area contributed by atoms with Crippen molar-refractivity contribution in [2.24, 2.45) is 0 Å². The minimum Gasteiger partial charge on any atom is -0.501 e. The Hall–Kier alpha value is -3.37. The minimum absolute atomic E-state index is 0. The van der Waals surface area contributed by atoms with Crippen molar-refractivity contribution >= 4 is 35.2 Å². The zero-order valence-electron chi connectivity index (χ0n) is 25.4. The zero-order chi connectivity index (χ0) is 29.1. The number of rotatable bonds is 4. The molecule has 43 heavy (non-hydrogen) atoms. The van der Waals surface area contributed by atoms with Crippen molar-refractivity contribution in [1.29, 1.82) is 0 Å². The Morgan fingerprint density at radius 1 is 0.767 bits per heavy atom. The molecule has 7 rings (SSSR count). The van der Waals surface area contributed by atoms with E-state index in [-0.39, 0.29) is 20.1 Å². The number of aromatic nitrogens is 2. The summed E-state index contributed by atoms with van der Waals surface area (Å²) in [6.07, 6.45) is 10.5. The van der Waals surface area contributed by atoms with E-state index in [0.717, 1.165) is 33.7 Å². The van der Waals surface area contributed by atoms with Gasteiger partial charge in [0.1, 0.15) is 5.58 Å². The van der Waals surface area contributed by atoms with Crippen LogP contribution in [0, 0.1) is 19.1 Å². The Labute approximate surface area is 270 Å². The van der Waals surface area contributed by atoms with Gasteiger partial charge in [0, 0.05) is 37.9 Å². The number of benzene rings is 3. The van der Waals surface area contributed by atoms with Crippen LogP contribution in [0.5, 0.6) is 0 Å². The normalized spacial score (nSPS) is 13.8. The second kappa shape index (κ2) is 13.5. The van der Waals surface area contributed by atoms with Crippen LogP contribution in [0.1, 0.15) is 49.1 Å². The summed E-state index contributed by atoms with van der Waals surface area (Å²) in [4.78, 5) is 9.03. The Bertz CT molecular complexity index is 1800. The molecule has 1 saturated carbocycles. The van der Waals surface area contributed by atoms with Crippen molar-refractivity contribution in [2.45, 2.75) is 64.6 Å². The summed E-state index contributed by atoms with van der Waals surface area (Å²) in [6, 6.07) is 33.7. The van der Waals surface area contributed by atoms with Gasteiger partial charge in [0.05, 0.1) is 13.7 Å². The third kappa shape index (κ3) is 6.91. The Morgan fingerprint density at radius 2 is 1.58 bits per heavy atom. The molecular weight excluding hydrogens is 721 g/mol. The van der Waals surface area contributed by atoms with Gasteiger partial charge in [0.15, 0.2) is 0 Å². The Balaban J connectivity index is 0.000000221. The summed E-state index contributed by atoms with van der Waals surface area (Å²) in [5, 5.41) is 3.75. The number of hydrogen-bond acceptors (Lipinski definition) is 3. The topological polar surface area (TPSA) is 38.9 Å². The number of para-hydroxylation sites is 1. The first-order chi connectivity index (χ1) is 20.4. The predicted octanol–water partition coefficient (Wildman–Crippen LogP) is 9.90. The van der Waals surface area contributed by atoms with Crippen molar-refractivity contribution < 1.29 is 24.5 Å². The first kappa shape index (κ1) is 31.1. The number of nitrogens with zero attached hydrogens (tertiary/aromatic N) is 2. The van der Waals surface area contributed by atoms with Gasteiger partial charge in [-0.1, -0.05) is 91.8 Å². The predicted molar refractivity (Wildman–Crippen MR) is 178 cm³/mol. The molecule has 221 valence electrons. The van der Waals surface area contributed by atoms with Crippen LogP contribution >= 0.6 is 0 Å². The van der Waals surface area contributed by atoms with E-state index in [4.69, 9.17) is 9.40 Å². The molecule has 1 aliphatic rings. The Morgan fingerprint density at radius 3 is 2.30 bits per heavy atom. The van der Waals surface area contributed by atoms with Gasteiger partial charge in [-0.3, -0.25) is 0 Å². The molecule has 0 bridgehead atoms. The van der Waals surface area contributed by atoms with Gasteiger partial charge >= 0.3 is 0 Å². The van der Waals surface area contributed by atoms with Gasteiger partial charge in [0.2, 0.25) is 0 Å². The third-order valence-corrected chi connectivity index (χ3v) is 10.3.